The molecular formula is C17H23N3O2S. The van der Waals surface area contributed by atoms with Crippen molar-refractivity contribution in [2.45, 2.75) is 38.8 Å². The molecule has 23 heavy (non-hydrogen) atoms. The van der Waals surface area contributed by atoms with E-state index in [4.69, 9.17) is 14.5 Å². The number of rotatable bonds is 6. The normalized spacial score (nSPS) is 13.9. The van der Waals surface area contributed by atoms with Crippen molar-refractivity contribution in [3.63, 3.8) is 0 Å². The van der Waals surface area contributed by atoms with E-state index in [-0.39, 0.29) is 0 Å². The lowest BCUT2D eigenvalue weighted by Gasteiger charge is -2.17. The number of hydrogen-bond acceptors (Lipinski definition) is 6. The molecule has 5 nitrogen and oxygen atoms in total. The first-order valence-electron chi connectivity index (χ1n) is 7.93. The molecule has 0 saturated heterocycles. The molecule has 0 N–H and O–H groups in total. The topological polar surface area (TPSA) is 47.5 Å². The molecule has 2 aromatic heterocycles. The third-order valence-electron chi connectivity index (χ3n) is 4.08. The molecule has 0 saturated carbocycles. The van der Waals surface area contributed by atoms with Crippen LogP contribution in [-0.4, -0.2) is 36.1 Å². The Morgan fingerprint density at radius 1 is 1.17 bits per heavy atom. The number of hydrogen-bond donors (Lipinski definition) is 0. The molecule has 124 valence electrons. The Labute approximate surface area is 141 Å². The van der Waals surface area contributed by atoms with Crippen LogP contribution in [0, 0.1) is 0 Å². The quantitative estimate of drug-likeness (QED) is 0.813. The van der Waals surface area contributed by atoms with Crippen LogP contribution < -0.4 is 9.47 Å². The zero-order chi connectivity index (χ0) is 16.2. The van der Waals surface area contributed by atoms with Crippen molar-refractivity contribution < 1.29 is 9.47 Å². The van der Waals surface area contributed by atoms with Gasteiger partial charge >= 0.3 is 0 Å². The molecule has 0 atom stereocenters. The average molecular weight is 333 g/mol. The summed E-state index contributed by atoms with van der Waals surface area (Å²) < 4.78 is 10.8. The van der Waals surface area contributed by atoms with E-state index in [1.807, 2.05) is 17.4 Å². The van der Waals surface area contributed by atoms with E-state index in [0.29, 0.717) is 12.3 Å². The Morgan fingerprint density at radius 3 is 2.74 bits per heavy atom. The highest BCUT2D eigenvalue weighted by Gasteiger charge is 2.17. The number of aromatic nitrogens is 2. The third kappa shape index (κ3) is 3.64. The lowest BCUT2D eigenvalue weighted by molar-refractivity contribution is 0.297. The van der Waals surface area contributed by atoms with Gasteiger partial charge in [-0.1, -0.05) is 0 Å². The Hall–Kier alpha value is -1.66. The van der Waals surface area contributed by atoms with Gasteiger partial charge in [0.2, 0.25) is 0 Å². The highest BCUT2D eigenvalue weighted by Crippen LogP contribution is 2.31. The first kappa shape index (κ1) is 16.2. The molecule has 1 aliphatic rings. The van der Waals surface area contributed by atoms with Gasteiger partial charge in [0.1, 0.15) is 10.7 Å². The Kier molecular flexibility index (Phi) is 5.13. The van der Waals surface area contributed by atoms with Crippen LogP contribution in [0.4, 0.5) is 0 Å². The highest BCUT2D eigenvalue weighted by atomic mass is 32.1. The summed E-state index contributed by atoms with van der Waals surface area (Å²) in [7, 11) is 5.38. The van der Waals surface area contributed by atoms with E-state index in [1.165, 1.54) is 34.8 Å². The molecule has 2 aromatic rings. The molecule has 2 heterocycles. The molecule has 0 unspecified atom stereocenters. The van der Waals surface area contributed by atoms with Gasteiger partial charge in [-0.15, -0.1) is 11.3 Å². The fourth-order valence-electron chi connectivity index (χ4n) is 2.98. The summed E-state index contributed by atoms with van der Waals surface area (Å²) >= 11 is 1.86. The number of methoxy groups -OCH3 is 2. The Bertz CT molecular complexity index is 648. The average Bonchev–Trinajstić information content (AvgIpc) is 2.96. The van der Waals surface area contributed by atoms with Crippen molar-refractivity contribution in [1.29, 1.82) is 0 Å². The monoisotopic (exact) mass is 333 g/mol. The summed E-state index contributed by atoms with van der Waals surface area (Å²) in [5, 5.41) is 1.20. The van der Waals surface area contributed by atoms with E-state index in [9.17, 15) is 0 Å². The summed E-state index contributed by atoms with van der Waals surface area (Å²) in [6.45, 7) is 1.53. The van der Waals surface area contributed by atoms with Crippen LogP contribution in [0.15, 0.2) is 12.3 Å². The zero-order valence-electron chi connectivity index (χ0n) is 14.0. The molecule has 0 radical (unpaired) electrons. The molecule has 0 aromatic carbocycles. The first-order valence-corrected chi connectivity index (χ1v) is 8.74. The lowest BCUT2D eigenvalue weighted by atomic mass is 10.0. The van der Waals surface area contributed by atoms with Gasteiger partial charge < -0.3 is 9.47 Å². The Morgan fingerprint density at radius 2 is 2.00 bits per heavy atom. The molecule has 0 fully saturated rings. The predicted molar refractivity (Wildman–Crippen MR) is 91.3 cm³/mol. The summed E-state index contributed by atoms with van der Waals surface area (Å²) in [6.07, 6.45) is 6.67. The van der Waals surface area contributed by atoms with Crippen LogP contribution in [0.2, 0.25) is 0 Å². The van der Waals surface area contributed by atoms with Crippen molar-refractivity contribution >= 4 is 11.3 Å². The van der Waals surface area contributed by atoms with Gasteiger partial charge in [0, 0.05) is 23.7 Å². The maximum Gasteiger partial charge on any atom is 0.183 e. The van der Waals surface area contributed by atoms with E-state index < -0.39 is 0 Å². The van der Waals surface area contributed by atoms with Crippen LogP contribution in [0.25, 0.3) is 0 Å². The van der Waals surface area contributed by atoms with Gasteiger partial charge in [-0.25, -0.2) is 4.98 Å². The fraction of sp³-hybridized carbons (Fsp3) is 0.529. The van der Waals surface area contributed by atoms with Crippen LogP contribution in [-0.2, 0) is 25.9 Å². The molecule has 6 heteroatoms. The SMILES string of the molecule is COc1ccnc(CN(C)Cc2nc3c(s2)CCCC3)c1OC. The minimum Gasteiger partial charge on any atom is -0.493 e. The smallest absolute Gasteiger partial charge is 0.183 e. The minimum atomic E-state index is 0.699. The van der Waals surface area contributed by atoms with E-state index in [0.717, 1.165) is 24.4 Å². The summed E-state index contributed by atoms with van der Waals surface area (Å²) in [5.41, 5.74) is 2.21. The van der Waals surface area contributed by atoms with Crippen molar-refractivity contribution in [1.82, 2.24) is 14.9 Å². The van der Waals surface area contributed by atoms with Crippen LogP contribution >= 0.6 is 11.3 Å². The second-order valence-corrected chi connectivity index (χ2v) is 7.02. The molecule has 0 amide bonds. The van der Waals surface area contributed by atoms with Crippen molar-refractivity contribution in [2.24, 2.45) is 0 Å². The summed E-state index contributed by atoms with van der Waals surface area (Å²) in [5.74, 6) is 1.43. The van der Waals surface area contributed by atoms with Crippen molar-refractivity contribution in [3.8, 4) is 11.5 Å². The van der Waals surface area contributed by atoms with E-state index in [1.54, 1.807) is 20.4 Å². The molecule has 3 rings (SSSR count). The van der Waals surface area contributed by atoms with Gasteiger partial charge in [0.15, 0.2) is 11.5 Å². The largest absolute Gasteiger partial charge is 0.493 e. The van der Waals surface area contributed by atoms with Crippen molar-refractivity contribution in [2.75, 3.05) is 21.3 Å². The minimum absolute atomic E-state index is 0.699. The van der Waals surface area contributed by atoms with Crippen LogP contribution in [0.3, 0.4) is 0 Å². The second kappa shape index (κ2) is 7.27. The van der Waals surface area contributed by atoms with E-state index >= 15 is 0 Å². The third-order valence-corrected chi connectivity index (χ3v) is 5.22. The molecular weight excluding hydrogens is 310 g/mol. The number of nitrogens with zero attached hydrogens (tertiary/aromatic N) is 3. The van der Waals surface area contributed by atoms with Crippen LogP contribution in [0.1, 0.15) is 34.1 Å². The van der Waals surface area contributed by atoms with Crippen molar-refractivity contribution in [3.05, 3.63) is 33.5 Å². The van der Waals surface area contributed by atoms with Gasteiger partial charge in [-0.2, -0.15) is 0 Å². The van der Waals surface area contributed by atoms with Gasteiger partial charge in [0.05, 0.1) is 26.5 Å². The highest BCUT2D eigenvalue weighted by molar-refractivity contribution is 7.11. The summed E-state index contributed by atoms with van der Waals surface area (Å²) in [4.78, 5) is 13.0. The molecule has 0 aliphatic heterocycles. The first-order chi connectivity index (χ1) is 11.2. The fourth-order valence-corrected chi connectivity index (χ4v) is 4.22. The Balaban J connectivity index is 1.70. The standard InChI is InChI=1S/C17H23N3O2S/c1-20(10-13-17(22-3)14(21-2)8-9-18-13)11-16-19-12-6-4-5-7-15(12)23-16/h8-9H,4-7,10-11H2,1-3H3. The number of ether oxygens (including phenoxy) is 2. The van der Waals surface area contributed by atoms with Gasteiger partial charge in [-0.05, 0) is 32.7 Å². The maximum atomic E-state index is 5.46. The van der Waals surface area contributed by atoms with Gasteiger partial charge in [0.25, 0.3) is 0 Å². The number of aryl methyl sites for hydroxylation is 2. The second-order valence-electron chi connectivity index (χ2n) is 5.85. The molecule has 0 spiro atoms. The molecule has 1 aliphatic carbocycles. The summed E-state index contributed by atoms with van der Waals surface area (Å²) in [6, 6.07) is 1.82. The lowest BCUT2D eigenvalue weighted by Crippen LogP contribution is -2.18. The van der Waals surface area contributed by atoms with Gasteiger partial charge in [-0.3, -0.25) is 9.88 Å². The number of fused-ring (bicyclic) bond motifs is 1. The maximum absolute atomic E-state index is 5.46. The zero-order valence-corrected chi connectivity index (χ0v) is 14.8. The number of thiazole rings is 1. The number of pyridine rings is 1. The van der Waals surface area contributed by atoms with E-state index in [2.05, 4.69) is 16.9 Å². The molecule has 0 bridgehead atoms. The predicted octanol–water partition coefficient (Wildman–Crippen LogP) is 3.07. The van der Waals surface area contributed by atoms with Crippen LogP contribution in [0.5, 0.6) is 11.5 Å².